The van der Waals surface area contributed by atoms with Gasteiger partial charge in [0.05, 0.1) is 7.11 Å². The summed E-state index contributed by atoms with van der Waals surface area (Å²) < 4.78 is 11.6. The van der Waals surface area contributed by atoms with Crippen LogP contribution in [0.1, 0.15) is 28.8 Å². The smallest absolute Gasteiger partial charge is 0.253 e. The third-order valence-electron chi connectivity index (χ3n) is 6.00. The van der Waals surface area contributed by atoms with Crippen LogP contribution in [0.3, 0.4) is 0 Å². The van der Waals surface area contributed by atoms with Gasteiger partial charge in [-0.25, -0.2) is 0 Å². The van der Waals surface area contributed by atoms with Crippen LogP contribution in [0.4, 0.5) is 0 Å². The molecule has 0 aliphatic carbocycles. The van der Waals surface area contributed by atoms with Gasteiger partial charge in [0.15, 0.2) is 0 Å². The summed E-state index contributed by atoms with van der Waals surface area (Å²) in [5.41, 5.74) is 4.35. The van der Waals surface area contributed by atoms with Crippen molar-refractivity contribution in [3.8, 4) is 22.6 Å². The van der Waals surface area contributed by atoms with Gasteiger partial charge in [0.1, 0.15) is 17.6 Å². The number of methoxy groups -OCH3 is 1. The molecule has 0 spiro atoms. The zero-order valence-electron chi connectivity index (χ0n) is 19.7. The molecule has 1 fully saturated rings. The summed E-state index contributed by atoms with van der Waals surface area (Å²) in [6.07, 6.45) is 1.74. The van der Waals surface area contributed by atoms with E-state index >= 15 is 0 Å². The highest BCUT2D eigenvalue weighted by Crippen LogP contribution is 2.29. The topological polar surface area (TPSA) is 42.0 Å². The number of benzene rings is 3. The molecule has 5 nitrogen and oxygen atoms in total. The predicted octanol–water partition coefficient (Wildman–Crippen LogP) is 5.11. The van der Waals surface area contributed by atoms with E-state index in [1.165, 1.54) is 11.1 Å². The summed E-state index contributed by atoms with van der Waals surface area (Å²) in [5, 5.41) is 0. The Morgan fingerprint density at radius 3 is 2.42 bits per heavy atom. The fraction of sp³-hybridized carbons (Fsp3) is 0.321. The Balaban J connectivity index is 1.39. The van der Waals surface area contributed by atoms with Gasteiger partial charge in [0.25, 0.3) is 5.91 Å². The minimum atomic E-state index is 0.0480. The number of carbonyl (C=O) groups excluding carboxylic acids is 1. The molecule has 3 aromatic rings. The fourth-order valence-corrected chi connectivity index (χ4v) is 4.33. The van der Waals surface area contributed by atoms with E-state index in [9.17, 15) is 4.79 Å². The zero-order valence-corrected chi connectivity index (χ0v) is 19.7. The molecule has 172 valence electrons. The number of carbonyl (C=O) groups is 1. The second-order valence-corrected chi connectivity index (χ2v) is 8.76. The van der Waals surface area contributed by atoms with Crippen LogP contribution in [0, 0.1) is 0 Å². The molecule has 33 heavy (non-hydrogen) atoms. The van der Waals surface area contributed by atoms with Crippen LogP contribution in [0.5, 0.6) is 11.5 Å². The quantitative estimate of drug-likeness (QED) is 0.508. The number of hydrogen-bond donors (Lipinski definition) is 0. The van der Waals surface area contributed by atoms with Crippen molar-refractivity contribution in [2.75, 3.05) is 34.3 Å². The van der Waals surface area contributed by atoms with Gasteiger partial charge >= 0.3 is 0 Å². The molecule has 0 atom stereocenters. The summed E-state index contributed by atoms with van der Waals surface area (Å²) in [6, 6.07) is 24.2. The van der Waals surface area contributed by atoms with Crippen molar-refractivity contribution >= 4 is 5.91 Å². The van der Waals surface area contributed by atoms with Crippen molar-refractivity contribution in [2.45, 2.75) is 25.5 Å². The summed E-state index contributed by atoms with van der Waals surface area (Å²) >= 11 is 0. The molecule has 0 bridgehead atoms. The molecule has 5 heteroatoms. The predicted molar refractivity (Wildman–Crippen MR) is 132 cm³/mol. The average Bonchev–Trinajstić information content (AvgIpc) is 2.84. The number of piperidine rings is 1. The monoisotopic (exact) mass is 444 g/mol. The van der Waals surface area contributed by atoms with E-state index < -0.39 is 0 Å². The van der Waals surface area contributed by atoms with E-state index in [1.54, 1.807) is 13.2 Å². The molecule has 0 radical (unpaired) electrons. The van der Waals surface area contributed by atoms with Gasteiger partial charge in [-0.1, -0.05) is 42.5 Å². The Morgan fingerprint density at radius 1 is 0.939 bits per heavy atom. The molecule has 1 saturated heterocycles. The Labute approximate surface area is 196 Å². The maximum atomic E-state index is 12.9. The van der Waals surface area contributed by atoms with Crippen molar-refractivity contribution in [2.24, 2.45) is 0 Å². The van der Waals surface area contributed by atoms with Crippen LogP contribution in [0.25, 0.3) is 11.1 Å². The van der Waals surface area contributed by atoms with E-state index in [0.717, 1.165) is 30.7 Å². The molecule has 1 heterocycles. The molecule has 4 rings (SSSR count). The number of rotatable bonds is 7. The minimum absolute atomic E-state index is 0.0480. The second kappa shape index (κ2) is 10.5. The molecule has 0 aromatic heterocycles. The van der Waals surface area contributed by atoms with E-state index in [2.05, 4.69) is 61.5 Å². The molecule has 0 unspecified atom stereocenters. The molecular formula is C28H32N2O3. The molecule has 1 amide bonds. The van der Waals surface area contributed by atoms with Gasteiger partial charge in [-0.05, 0) is 61.1 Å². The van der Waals surface area contributed by atoms with Crippen LogP contribution in [0.15, 0.2) is 72.8 Å². The average molecular weight is 445 g/mol. The van der Waals surface area contributed by atoms with Gasteiger partial charge in [-0.3, -0.25) is 4.79 Å². The van der Waals surface area contributed by atoms with Crippen molar-refractivity contribution in [3.63, 3.8) is 0 Å². The van der Waals surface area contributed by atoms with Crippen molar-refractivity contribution < 1.29 is 14.3 Å². The molecule has 0 N–H and O–H groups in total. The fourth-order valence-electron chi connectivity index (χ4n) is 4.33. The third kappa shape index (κ3) is 5.74. The highest BCUT2D eigenvalue weighted by Gasteiger charge is 2.25. The summed E-state index contributed by atoms with van der Waals surface area (Å²) in [4.78, 5) is 17.0. The van der Waals surface area contributed by atoms with Gasteiger partial charge in [-0.15, -0.1) is 0 Å². The number of nitrogens with zero attached hydrogens (tertiary/aromatic N) is 2. The standard InChI is InChI=1S/C28H32N2O3/c1-29(2)20-23-8-4-5-13-27(23)21-9-6-12-26(18-21)33-24-14-16-30(17-15-24)28(31)22-10-7-11-25(19-22)32-3/h4-13,18-19,24H,14-17,20H2,1-3H3. The van der Waals surface area contributed by atoms with E-state index in [1.807, 2.05) is 29.2 Å². The van der Waals surface area contributed by atoms with Crippen LogP contribution in [-0.2, 0) is 6.54 Å². The summed E-state index contributed by atoms with van der Waals surface area (Å²) in [5.74, 6) is 1.63. The van der Waals surface area contributed by atoms with Crippen LogP contribution in [-0.4, -0.2) is 56.1 Å². The zero-order chi connectivity index (χ0) is 23.2. The molecule has 1 aliphatic heterocycles. The van der Waals surface area contributed by atoms with Crippen molar-refractivity contribution in [1.82, 2.24) is 9.80 Å². The van der Waals surface area contributed by atoms with E-state index in [0.29, 0.717) is 24.4 Å². The highest BCUT2D eigenvalue weighted by atomic mass is 16.5. The summed E-state index contributed by atoms with van der Waals surface area (Å²) in [7, 11) is 5.78. The number of likely N-dealkylation sites (tertiary alicyclic amines) is 1. The first-order chi connectivity index (χ1) is 16.0. The van der Waals surface area contributed by atoms with Crippen molar-refractivity contribution in [1.29, 1.82) is 0 Å². The minimum Gasteiger partial charge on any atom is -0.497 e. The Morgan fingerprint density at radius 2 is 1.67 bits per heavy atom. The first-order valence-corrected chi connectivity index (χ1v) is 11.5. The van der Waals surface area contributed by atoms with Crippen LogP contribution >= 0.6 is 0 Å². The maximum absolute atomic E-state index is 12.9. The van der Waals surface area contributed by atoms with Crippen molar-refractivity contribution in [3.05, 3.63) is 83.9 Å². The second-order valence-electron chi connectivity index (χ2n) is 8.76. The Bertz CT molecular complexity index is 1090. The lowest BCUT2D eigenvalue weighted by Gasteiger charge is -2.32. The largest absolute Gasteiger partial charge is 0.497 e. The van der Waals surface area contributed by atoms with E-state index in [-0.39, 0.29) is 12.0 Å². The Kier molecular flexibility index (Phi) is 7.30. The number of hydrogen-bond acceptors (Lipinski definition) is 4. The van der Waals surface area contributed by atoms with Gasteiger partial charge in [-0.2, -0.15) is 0 Å². The molecule has 3 aromatic carbocycles. The van der Waals surface area contributed by atoms with E-state index in [4.69, 9.17) is 9.47 Å². The lowest BCUT2D eigenvalue weighted by atomic mass is 9.99. The first-order valence-electron chi connectivity index (χ1n) is 11.5. The van der Waals surface area contributed by atoms with Gasteiger partial charge in [0.2, 0.25) is 0 Å². The molecule has 0 saturated carbocycles. The van der Waals surface area contributed by atoms with Crippen LogP contribution < -0.4 is 9.47 Å². The maximum Gasteiger partial charge on any atom is 0.253 e. The SMILES string of the molecule is COc1cccc(C(=O)N2CCC(Oc3cccc(-c4ccccc4CN(C)C)c3)CC2)c1. The van der Waals surface area contributed by atoms with Gasteiger partial charge < -0.3 is 19.3 Å². The normalized spacial score (nSPS) is 14.4. The van der Waals surface area contributed by atoms with Crippen LogP contribution in [0.2, 0.25) is 0 Å². The lowest BCUT2D eigenvalue weighted by Crippen LogP contribution is -2.41. The van der Waals surface area contributed by atoms with Gasteiger partial charge in [0, 0.05) is 38.0 Å². The number of ether oxygens (including phenoxy) is 2. The first kappa shape index (κ1) is 22.9. The highest BCUT2D eigenvalue weighted by molar-refractivity contribution is 5.94. The Hall–Kier alpha value is -3.31. The summed E-state index contributed by atoms with van der Waals surface area (Å²) in [6.45, 7) is 2.26. The third-order valence-corrected chi connectivity index (χ3v) is 6.00. The molecular weight excluding hydrogens is 412 g/mol. The molecule has 1 aliphatic rings. The lowest BCUT2D eigenvalue weighted by molar-refractivity contribution is 0.0595. The number of amides is 1.